The summed E-state index contributed by atoms with van der Waals surface area (Å²) in [4.78, 5) is 24.2. The van der Waals surface area contributed by atoms with Crippen LogP contribution in [-0.2, 0) is 23.8 Å². The number of fused-ring (bicyclic) bond motifs is 1. The Morgan fingerprint density at radius 2 is 1.87 bits per heavy atom. The molecule has 4 aliphatic carbocycles. The molecule has 1 spiro atoms. The van der Waals surface area contributed by atoms with Gasteiger partial charge in [-0.3, -0.25) is 9.59 Å². The van der Waals surface area contributed by atoms with Crippen LogP contribution in [0.15, 0.2) is 0 Å². The van der Waals surface area contributed by atoms with Gasteiger partial charge in [0.05, 0.1) is 30.3 Å². The summed E-state index contributed by atoms with van der Waals surface area (Å²) in [6.07, 6.45) is 7.35. The molecule has 168 valence electrons. The molecule has 2 bridgehead atoms. The minimum Gasteiger partial charge on any atom is -0.466 e. The Morgan fingerprint density at radius 1 is 1.07 bits per heavy atom. The second-order valence-corrected chi connectivity index (χ2v) is 10.9. The van der Waals surface area contributed by atoms with Crippen LogP contribution in [0.4, 0.5) is 0 Å². The van der Waals surface area contributed by atoms with Crippen molar-refractivity contribution in [2.75, 3.05) is 13.2 Å². The fourth-order valence-electron chi connectivity index (χ4n) is 8.82. The fourth-order valence-corrected chi connectivity index (χ4v) is 8.82. The third-order valence-electron chi connectivity index (χ3n) is 9.99. The number of hydrogen-bond acceptors (Lipinski definition) is 6. The van der Waals surface area contributed by atoms with Crippen LogP contribution in [0, 0.1) is 28.6 Å². The van der Waals surface area contributed by atoms with Gasteiger partial charge in [-0.2, -0.15) is 0 Å². The van der Waals surface area contributed by atoms with Gasteiger partial charge in [-0.25, -0.2) is 0 Å². The lowest BCUT2D eigenvalue weighted by Gasteiger charge is -2.63. The van der Waals surface area contributed by atoms with Crippen molar-refractivity contribution in [3.05, 3.63) is 0 Å². The van der Waals surface area contributed by atoms with Gasteiger partial charge in [0.2, 0.25) is 0 Å². The molecule has 5 rings (SSSR count). The van der Waals surface area contributed by atoms with E-state index in [1.54, 1.807) is 0 Å². The minimum atomic E-state index is -0.830. The maximum Gasteiger partial charge on any atom is 0.309 e. The lowest BCUT2D eigenvalue weighted by Crippen LogP contribution is -2.66. The average molecular weight is 421 g/mol. The molecule has 4 saturated carbocycles. The first-order valence-electron chi connectivity index (χ1n) is 11.9. The summed E-state index contributed by atoms with van der Waals surface area (Å²) < 4.78 is 17.7. The standard InChI is InChI=1S/C24H36O6/c1-4-28-20(26)17-5-6-18-21(17,3)9-8-19-22-10-7-16(30-15(2)25)13-23(22,27)11-12-24(18,19)29-14-22/h16-19,27H,4-14H2,1-3H3. The van der Waals surface area contributed by atoms with Crippen molar-refractivity contribution in [2.45, 2.75) is 95.9 Å². The molecule has 1 heterocycles. The molecule has 5 aliphatic rings. The van der Waals surface area contributed by atoms with Gasteiger partial charge in [0, 0.05) is 18.8 Å². The number of aliphatic hydroxyl groups is 1. The summed E-state index contributed by atoms with van der Waals surface area (Å²) in [7, 11) is 0. The molecule has 1 aliphatic heterocycles. The summed E-state index contributed by atoms with van der Waals surface area (Å²) >= 11 is 0. The zero-order valence-electron chi connectivity index (χ0n) is 18.6. The van der Waals surface area contributed by atoms with Gasteiger partial charge in [0.15, 0.2) is 0 Å². The molecular weight excluding hydrogens is 384 g/mol. The first-order valence-corrected chi connectivity index (χ1v) is 11.9. The summed E-state index contributed by atoms with van der Waals surface area (Å²) in [5, 5.41) is 11.9. The average Bonchev–Trinajstić information content (AvgIpc) is 3.16. The minimum absolute atomic E-state index is 0.0423. The van der Waals surface area contributed by atoms with Crippen LogP contribution in [-0.4, -0.2) is 47.6 Å². The molecule has 1 N–H and O–H groups in total. The van der Waals surface area contributed by atoms with Crippen LogP contribution < -0.4 is 0 Å². The molecule has 0 aromatic heterocycles. The van der Waals surface area contributed by atoms with Crippen LogP contribution in [0.25, 0.3) is 0 Å². The topological polar surface area (TPSA) is 82.1 Å². The smallest absolute Gasteiger partial charge is 0.309 e. The van der Waals surface area contributed by atoms with Crippen molar-refractivity contribution in [3.8, 4) is 0 Å². The lowest BCUT2D eigenvalue weighted by molar-refractivity contribution is -0.219. The van der Waals surface area contributed by atoms with Gasteiger partial charge in [-0.1, -0.05) is 6.92 Å². The van der Waals surface area contributed by atoms with E-state index in [-0.39, 0.29) is 40.4 Å². The second-order valence-electron chi connectivity index (χ2n) is 10.9. The number of carbonyl (C=O) groups is 2. The summed E-state index contributed by atoms with van der Waals surface area (Å²) in [5.74, 6) is 0.309. The van der Waals surface area contributed by atoms with E-state index < -0.39 is 5.60 Å². The Labute approximate surface area is 179 Å². The highest BCUT2D eigenvalue weighted by Crippen LogP contribution is 2.74. The number of carbonyl (C=O) groups excluding carboxylic acids is 2. The van der Waals surface area contributed by atoms with Gasteiger partial charge < -0.3 is 19.3 Å². The molecule has 0 aromatic carbocycles. The highest BCUT2D eigenvalue weighted by molar-refractivity contribution is 5.74. The molecule has 8 unspecified atom stereocenters. The predicted molar refractivity (Wildman–Crippen MR) is 108 cm³/mol. The Morgan fingerprint density at radius 3 is 2.60 bits per heavy atom. The molecule has 6 nitrogen and oxygen atoms in total. The van der Waals surface area contributed by atoms with Crippen LogP contribution >= 0.6 is 0 Å². The normalized spacial score (nSPS) is 51.5. The second kappa shape index (κ2) is 6.68. The number of ether oxygens (including phenoxy) is 3. The van der Waals surface area contributed by atoms with E-state index in [1.165, 1.54) is 6.92 Å². The van der Waals surface area contributed by atoms with E-state index in [2.05, 4.69) is 6.92 Å². The SMILES string of the molecule is CCOC(=O)C1CCC2C1(C)CCC1C23CCC2(O)CC(OC(C)=O)CCC12CO3. The van der Waals surface area contributed by atoms with E-state index in [9.17, 15) is 14.7 Å². The first-order chi connectivity index (χ1) is 14.2. The number of esters is 2. The Kier molecular flexibility index (Phi) is 4.62. The molecule has 0 radical (unpaired) electrons. The molecule has 6 heteroatoms. The van der Waals surface area contributed by atoms with E-state index in [1.807, 2.05) is 6.92 Å². The van der Waals surface area contributed by atoms with Gasteiger partial charge in [-0.05, 0) is 75.5 Å². The zero-order chi connectivity index (χ0) is 21.4. The van der Waals surface area contributed by atoms with Crippen LogP contribution in [0.3, 0.4) is 0 Å². The Balaban J connectivity index is 1.44. The van der Waals surface area contributed by atoms with Crippen molar-refractivity contribution >= 4 is 11.9 Å². The van der Waals surface area contributed by atoms with Gasteiger partial charge in [0.25, 0.3) is 0 Å². The summed E-state index contributed by atoms with van der Waals surface area (Å²) in [6, 6.07) is 0. The molecule has 30 heavy (non-hydrogen) atoms. The molecule has 5 fully saturated rings. The van der Waals surface area contributed by atoms with Gasteiger partial charge in [-0.15, -0.1) is 0 Å². The predicted octanol–water partition coefficient (Wildman–Crippen LogP) is 3.39. The first kappa shape index (κ1) is 20.7. The van der Waals surface area contributed by atoms with E-state index in [0.29, 0.717) is 37.9 Å². The summed E-state index contributed by atoms with van der Waals surface area (Å²) in [5.41, 5.74) is -1.39. The largest absolute Gasteiger partial charge is 0.466 e. The Bertz CT molecular complexity index is 752. The maximum atomic E-state index is 12.7. The zero-order valence-corrected chi connectivity index (χ0v) is 18.6. The van der Waals surface area contributed by atoms with Gasteiger partial charge in [0.1, 0.15) is 6.10 Å². The van der Waals surface area contributed by atoms with Gasteiger partial charge >= 0.3 is 11.9 Å². The molecule has 0 aromatic rings. The van der Waals surface area contributed by atoms with Crippen LogP contribution in [0.1, 0.15) is 78.6 Å². The van der Waals surface area contributed by atoms with Crippen molar-refractivity contribution in [3.63, 3.8) is 0 Å². The molecule has 8 atom stereocenters. The lowest BCUT2D eigenvalue weighted by atomic mass is 9.42. The molecular formula is C24H36O6. The monoisotopic (exact) mass is 420 g/mol. The number of rotatable bonds is 3. The summed E-state index contributed by atoms with van der Waals surface area (Å²) in [6.45, 7) is 6.63. The third-order valence-corrected chi connectivity index (χ3v) is 9.99. The van der Waals surface area contributed by atoms with Crippen molar-refractivity contribution < 1.29 is 28.9 Å². The van der Waals surface area contributed by atoms with E-state index in [4.69, 9.17) is 14.2 Å². The van der Waals surface area contributed by atoms with E-state index in [0.717, 1.165) is 44.9 Å². The quantitative estimate of drug-likeness (QED) is 0.705. The molecule has 0 amide bonds. The van der Waals surface area contributed by atoms with Crippen molar-refractivity contribution in [1.82, 2.24) is 0 Å². The fraction of sp³-hybridized carbons (Fsp3) is 0.917. The number of hydrogen-bond donors (Lipinski definition) is 1. The van der Waals surface area contributed by atoms with Crippen molar-refractivity contribution in [1.29, 1.82) is 0 Å². The van der Waals surface area contributed by atoms with Crippen LogP contribution in [0.5, 0.6) is 0 Å². The van der Waals surface area contributed by atoms with Crippen molar-refractivity contribution in [2.24, 2.45) is 28.6 Å². The third kappa shape index (κ3) is 2.49. The highest BCUT2D eigenvalue weighted by atomic mass is 16.5. The molecule has 1 saturated heterocycles. The van der Waals surface area contributed by atoms with E-state index >= 15 is 0 Å². The highest BCUT2D eigenvalue weighted by Gasteiger charge is 2.76. The van der Waals surface area contributed by atoms with Crippen LogP contribution in [0.2, 0.25) is 0 Å². The Hall–Kier alpha value is -1.14. The maximum absolute atomic E-state index is 12.7.